The summed E-state index contributed by atoms with van der Waals surface area (Å²) in [7, 11) is -0.319. The Hall–Kier alpha value is -3.31. The van der Waals surface area contributed by atoms with Crippen LogP contribution in [0.5, 0.6) is 11.5 Å². The first-order valence-electron chi connectivity index (χ1n) is 10.8. The number of hydrogen-bond acceptors (Lipinski definition) is 7. The molecule has 3 aromatic rings. The van der Waals surface area contributed by atoms with E-state index in [0.717, 1.165) is 0 Å². The number of carbonyl (C=O) groups is 2. The normalized spacial score (nSPS) is 11.9. The standard InChI is InChI=1S/C25H24Cl2N2O7S/c1-34-21-13-17(25(31)36-3)19(14-22(21)35-2)28-24(30)20(11-15-7-5-4-6-8-15)29-37(32,33)23-12-16(26)9-10-18(23)27/h4-10,12-14,20,29H,11H2,1-3H3,(H,28,30)/t20-/m1/s1. The molecule has 0 spiro atoms. The number of methoxy groups -OCH3 is 3. The first-order chi connectivity index (χ1) is 17.6. The number of hydrogen-bond donors (Lipinski definition) is 2. The van der Waals surface area contributed by atoms with Crippen LogP contribution in [-0.2, 0) is 26.0 Å². The molecule has 0 saturated heterocycles. The Balaban J connectivity index is 2.02. The summed E-state index contributed by atoms with van der Waals surface area (Å²) in [4.78, 5) is 25.6. The summed E-state index contributed by atoms with van der Waals surface area (Å²) in [6, 6.07) is 14.2. The molecule has 12 heteroatoms. The highest BCUT2D eigenvalue weighted by Gasteiger charge is 2.29. The van der Waals surface area contributed by atoms with E-state index in [-0.39, 0.29) is 44.1 Å². The van der Waals surface area contributed by atoms with Crippen molar-refractivity contribution in [3.05, 3.63) is 81.8 Å². The van der Waals surface area contributed by atoms with Crippen molar-refractivity contribution in [1.82, 2.24) is 4.72 Å². The average molecular weight is 567 g/mol. The fourth-order valence-electron chi connectivity index (χ4n) is 3.45. The van der Waals surface area contributed by atoms with Crippen LogP contribution in [0.4, 0.5) is 5.69 Å². The van der Waals surface area contributed by atoms with Gasteiger partial charge in [-0.05, 0) is 30.2 Å². The van der Waals surface area contributed by atoms with Crippen LogP contribution in [-0.4, -0.2) is 47.7 Å². The maximum absolute atomic E-state index is 13.5. The van der Waals surface area contributed by atoms with Gasteiger partial charge in [0.1, 0.15) is 10.9 Å². The van der Waals surface area contributed by atoms with Crippen LogP contribution < -0.4 is 19.5 Å². The lowest BCUT2D eigenvalue weighted by molar-refractivity contribution is -0.117. The van der Waals surface area contributed by atoms with E-state index in [0.29, 0.717) is 5.56 Å². The van der Waals surface area contributed by atoms with Gasteiger partial charge in [-0.3, -0.25) is 4.79 Å². The molecule has 0 aliphatic rings. The molecule has 0 unspecified atom stereocenters. The highest BCUT2D eigenvalue weighted by molar-refractivity contribution is 7.89. The van der Waals surface area contributed by atoms with Crippen molar-refractivity contribution < 1.29 is 32.2 Å². The summed E-state index contributed by atoms with van der Waals surface area (Å²) in [5.74, 6) is -1.03. The Bertz CT molecular complexity index is 1400. The molecule has 3 aromatic carbocycles. The molecular formula is C25H24Cl2N2O7S. The van der Waals surface area contributed by atoms with Crippen LogP contribution in [0.25, 0.3) is 0 Å². The number of rotatable bonds is 10. The molecule has 0 saturated carbocycles. The smallest absolute Gasteiger partial charge is 0.340 e. The van der Waals surface area contributed by atoms with Crippen molar-refractivity contribution in [3.63, 3.8) is 0 Å². The van der Waals surface area contributed by atoms with Crippen molar-refractivity contribution in [2.75, 3.05) is 26.6 Å². The lowest BCUT2D eigenvalue weighted by atomic mass is 10.1. The van der Waals surface area contributed by atoms with Crippen molar-refractivity contribution in [1.29, 1.82) is 0 Å². The van der Waals surface area contributed by atoms with Crippen LogP contribution in [0.15, 0.2) is 65.6 Å². The van der Waals surface area contributed by atoms with Crippen molar-refractivity contribution in [2.24, 2.45) is 0 Å². The molecule has 0 aromatic heterocycles. The predicted molar refractivity (Wildman–Crippen MR) is 140 cm³/mol. The molecule has 2 N–H and O–H groups in total. The van der Waals surface area contributed by atoms with E-state index in [4.69, 9.17) is 37.4 Å². The third-order valence-corrected chi connectivity index (χ3v) is 7.45. The highest BCUT2D eigenvalue weighted by Crippen LogP contribution is 2.34. The number of anilines is 1. The lowest BCUT2D eigenvalue weighted by Crippen LogP contribution is -2.45. The van der Waals surface area contributed by atoms with Gasteiger partial charge >= 0.3 is 5.97 Å². The van der Waals surface area contributed by atoms with Gasteiger partial charge in [0, 0.05) is 17.2 Å². The lowest BCUT2D eigenvalue weighted by Gasteiger charge is -2.21. The van der Waals surface area contributed by atoms with E-state index in [2.05, 4.69) is 10.0 Å². The van der Waals surface area contributed by atoms with Gasteiger partial charge in [-0.15, -0.1) is 0 Å². The van der Waals surface area contributed by atoms with Gasteiger partial charge in [0.05, 0.1) is 37.6 Å². The number of amides is 1. The molecule has 0 heterocycles. The van der Waals surface area contributed by atoms with Gasteiger partial charge in [-0.2, -0.15) is 4.72 Å². The Labute approximate surface area is 224 Å². The van der Waals surface area contributed by atoms with Crippen LogP contribution >= 0.6 is 23.2 Å². The zero-order valence-electron chi connectivity index (χ0n) is 20.1. The van der Waals surface area contributed by atoms with E-state index < -0.39 is 27.9 Å². The van der Waals surface area contributed by atoms with E-state index in [1.54, 1.807) is 30.3 Å². The molecule has 0 radical (unpaired) electrons. The maximum Gasteiger partial charge on any atom is 0.340 e. The summed E-state index contributed by atoms with van der Waals surface area (Å²) in [5.41, 5.74) is 0.697. The number of ether oxygens (including phenoxy) is 3. The fourth-order valence-corrected chi connectivity index (χ4v) is 5.41. The quantitative estimate of drug-likeness (QED) is 0.350. The first-order valence-corrected chi connectivity index (χ1v) is 13.0. The van der Waals surface area contributed by atoms with Gasteiger partial charge in [0.15, 0.2) is 11.5 Å². The van der Waals surface area contributed by atoms with Gasteiger partial charge < -0.3 is 19.5 Å². The minimum atomic E-state index is -4.29. The van der Waals surface area contributed by atoms with E-state index >= 15 is 0 Å². The minimum absolute atomic E-state index is 0.00899. The molecule has 0 aliphatic carbocycles. The topological polar surface area (TPSA) is 120 Å². The molecule has 1 atom stereocenters. The molecular weight excluding hydrogens is 543 g/mol. The number of carbonyl (C=O) groups excluding carboxylic acids is 2. The molecule has 0 aliphatic heterocycles. The van der Waals surface area contributed by atoms with E-state index in [9.17, 15) is 18.0 Å². The van der Waals surface area contributed by atoms with Crippen LogP contribution in [0.2, 0.25) is 10.0 Å². The second-order valence-electron chi connectivity index (χ2n) is 7.67. The Morgan fingerprint density at radius 3 is 2.19 bits per heavy atom. The monoisotopic (exact) mass is 566 g/mol. The van der Waals surface area contributed by atoms with Crippen molar-refractivity contribution in [2.45, 2.75) is 17.4 Å². The van der Waals surface area contributed by atoms with E-state index in [1.165, 1.54) is 51.7 Å². The minimum Gasteiger partial charge on any atom is -0.493 e. The summed E-state index contributed by atoms with van der Waals surface area (Å²) in [5, 5.41) is 2.70. The average Bonchev–Trinajstić information content (AvgIpc) is 2.89. The fraction of sp³-hybridized carbons (Fsp3) is 0.200. The third kappa shape index (κ3) is 6.92. The third-order valence-electron chi connectivity index (χ3n) is 5.27. The number of sulfonamides is 1. The molecule has 1 amide bonds. The second kappa shape index (κ2) is 12.3. The number of esters is 1. The number of benzene rings is 3. The summed E-state index contributed by atoms with van der Waals surface area (Å²) < 4.78 is 44.2. The molecule has 3 rings (SSSR count). The highest BCUT2D eigenvalue weighted by atomic mass is 35.5. The molecule has 9 nitrogen and oxygen atoms in total. The largest absolute Gasteiger partial charge is 0.493 e. The van der Waals surface area contributed by atoms with Gasteiger partial charge in [-0.25, -0.2) is 13.2 Å². The maximum atomic E-state index is 13.5. The van der Waals surface area contributed by atoms with Crippen molar-refractivity contribution >= 4 is 50.8 Å². The zero-order valence-corrected chi connectivity index (χ0v) is 22.4. The van der Waals surface area contributed by atoms with E-state index in [1.807, 2.05) is 0 Å². The molecule has 37 heavy (non-hydrogen) atoms. The summed E-state index contributed by atoms with van der Waals surface area (Å²) >= 11 is 12.1. The molecule has 196 valence electrons. The summed E-state index contributed by atoms with van der Waals surface area (Å²) in [6.45, 7) is 0. The van der Waals surface area contributed by atoms with Crippen LogP contribution in [0.1, 0.15) is 15.9 Å². The summed E-state index contributed by atoms with van der Waals surface area (Å²) in [6.07, 6.45) is -0.00899. The Morgan fingerprint density at radius 2 is 1.57 bits per heavy atom. The molecule has 0 fully saturated rings. The van der Waals surface area contributed by atoms with Crippen molar-refractivity contribution in [3.8, 4) is 11.5 Å². The Kier molecular flexibility index (Phi) is 9.39. The second-order valence-corrected chi connectivity index (χ2v) is 10.2. The number of nitrogens with one attached hydrogen (secondary N) is 2. The first kappa shape index (κ1) is 28.3. The zero-order chi connectivity index (χ0) is 27.2. The van der Waals surface area contributed by atoms with Crippen LogP contribution in [0.3, 0.4) is 0 Å². The van der Waals surface area contributed by atoms with Gasteiger partial charge in [0.25, 0.3) is 0 Å². The SMILES string of the molecule is COC(=O)c1cc(OC)c(OC)cc1NC(=O)[C@@H](Cc1ccccc1)NS(=O)(=O)c1cc(Cl)ccc1Cl. The number of halogens is 2. The molecule has 0 bridgehead atoms. The van der Waals surface area contributed by atoms with Crippen LogP contribution in [0, 0.1) is 0 Å². The predicted octanol–water partition coefficient (Wildman–Crippen LogP) is 4.33. The van der Waals surface area contributed by atoms with Gasteiger partial charge in [0.2, 0.25) is 15.9 Å². The van der Waals surface area contributed by atoms with Gasteiger partial charge in [-0.1, -0.05) is 53.5 Å². The Morgan fingerprint density at radius 1 is 0.919 bits per heavy atom.